The smallest absolute Gasteiger partial charge is 0.327 e. The number of aliphatic carboxylic acids is 1. The van der Waals surface area contributed by atoms with E-state index in [0.717, 1.165) is 44.9 Å². The van der Waals surface area contributed by atoms with Gasteiger partial charge >= 0.3 is 11.9 Å². The molecule has 4 aliphatic carbocycles. The summed E-state index contributed by atoms with van der Waals surface area (Å²) >= 11 is 3.93. The summed E-state index contributed by atoms with van der Waals surface area (Å²) < 4.78 is 5.93. The van der Waals surface area contributed by atoms with Crippen molar-refractivity contribution in [1.82, 2.24) is 5.32 Å². The average Bonchev–Trinajstić information content (AvgIpc) is 3.12. The number of carbonyl (C=O) groups excluding carboxylic acids is 3. The number of allylic oxidation sites excluding steroid dienone is 1. The van der Waals surface area contributed by atoms with Crippen molar-refractivity contribution >= 4 is 36.3 Å². The maximum Gasteiger partial charge on any atom is 0.327 e. The summed E-state index contributed by atoms with van der Waals surface area (Å²) in [5.41, 5.74) is 1.43. The number of carboxylic acid groups (broad SMARTS) is 1. The number of amides is 1. The number of hydrogen-bond acceptors (Lipinski definition) is 6. The van der Waals surface area contributed by atoms with Gasteiger partial charge < -0.3 is 15.2 Å². The lowest BCUT2D eigenvalue weighted by Crippen LogP contribution is -2.51. The van der Waals surface area contributed by atoms with Crippen molar-refractivity contribution in [3.63, 3.8) is 0 Å². The zero-order valence-electron chi connectivity index (χ0n) is 20.2. The molecule has 0 aromatic carbocycles. The first kappa shape index (κ1) is 25.3. The van der Waals surface area contributed by atoms with Crippen LogP contribution in [-0.4, -0.2) is 46.6 Å². The van der Waals surface area contributed by atoms with Gasteiger partial charge in [-0.1, -0.05) is 19.4 Å². The molecule has 0 aromatic heterocycles. The van der Waals surface area contributed by atoms with Crippen LogP contribution in [0.1, 0.15) is 78.1 Å². The maximum atomic E-state index is 12.6. The second-order valence-corrected chi connectivity index (χ2v) is 11.6. The summed E-state index contributed by atoms with van der Waals surface area (Å²) in [5, 5.41) is 11.4. The summed E-state index contributed by atoms with van der Waals surface area (Å²) in [6.07, 6.45) is 9.34. The third-order valence-electron chi connectivity index (χ3n) is 9.52. The third-order valence-corrected chi connectivity index (χ3v) is 9.89. The van der Waals surface area contributed by atoms with Crippen LogP contribution in [0.5, 0.6) is 0 Å². The number of rotatable bonds is 7. The summed E-state index contributed by atoms with van der Waals surface area (Å²) in [7, 11) is 0. The highest BCUT2D eigenvalue weighted by Gasteiger charge is 2.59. The van der Waals surface area contributed by atoms with Gasteiger partial charge in [0.15, 0.2) is 5.78 Å². The van der Waals surface area contributed by atoms with Crippen molar-refractivity contribution in [1.29, 1.82) is 0 Å². The topological polar surface area (TPSA) is 110 Å². The number of carbonyl (C=O) groups is 4. The number of nitrogens with one attached hydrogen (secondary N) is 1. The minimum absolute atomic E-state index is 0.0118. The molecule has 0 radical (unpaired) electrons. The largest absolute Gasteiger partial charge is 0.480 e. The van der Waals surface area contributed by atoms with Crippen LogP contribution in [-0.2, 0) is 23.9 Å². The van der Waals surface area contributed by atoms with E-state index in [1.54, 1.807) is 0 Å². The van der Waals surface area contributed by atoms with E-state index in [-0.39, 0.29) is 41.3 Å². The number of ether oxygens (including phenoxy) is 1. The van der Waals surface area contributed by atoms with Crippen molar-refractivity contribution in [2.24, 2.45) is 28.6 Å². The average molecular weight is 492 g/mol. The first-order valence-electron chi connectivity index (χ1n) is 12.6. The number of hydrogen-bond donors (Lipinski definition) is 3. The van der Waals surface area contributed by atoms with E-state index in [2.05, 4.69) is 31.8 Å². The van der Waals surface area contributed by atoms with Gasteiger partial charge in [0.05, 0.1) is 6.42 Å². The SMILES string of the molecule is C[C@]12CC[C@@H]3[C@H](CCC4=CC(=O)CC[C@@]43C)[C@@H]1CC[C@@H]2OC(=O)CCC(=O)N[C@H](CS)C(=O)O. The van der Waals surface area contributed by atoms with E-state index < -0.39 is 23.9 Å². The van der Waals surface area contributed by atoms with Crippen LogP contribution >= 0.6 is 12.6 Å². The van der Waals surface area contributed by atoms with Gasteiger partial charge in [0.2, 0.25) is 5.91 Å². The first-order valence-corrected chi connectivity index (χ1v) is 13.3. The second-order valence-electron chi connectivity index (χ2n) is 11.2. The number of fused-ring (bicyclic) bond motifs is 5. The normalized spacial score (nSPS) is 37.5. The molecule has 188 valence electrons. The van der Waals surface area contributed by atoms with Crippen LogP contribution < -0.4 is 5.32 Å². The fraction of sp³-hybridized carbons (Fsp3) is 0.769. The summed E-state index contributed by atoms with van der Waals surface area (Å²) in [5.74, 6) is -0.0724. The fourth-order valence-corrected chi connectivity index (χ4v) is 7.84. The van der Waals surface area contributed by atoms with E-state index in [0.29, 0.717) is 24.2 Å². The Bertz CT molecular complexity index is 902. The van der Waals surface area contributed by atoms with Crippen LogP contribution in [0.25, 0.3) is 0 Å². The van der Waals surface area contributed by atoms with Gasteiger partial charge in [-0.2, -0.15) is 12.6 Å². The monoisotopic (exact) mass is 491 g/mol. The minimum atomic E-state index is -1.15. The molecule has 0 saturated heterocycles. The van der Waals surface area contributed by atoms with Crippen molar-refractivity contribution in [3.8, 4) is 0 Å². The highest BCUT2D eigenvalue weighted by molar-refractivity contribution is 7.80. The predicted octanol–water partition coefficient (Wildman–Crippen LogP) is 3.71. The number of carboxylic acids is 1. The summed E-state index contributed by atoms with van der Waals surface area (Å²) in [6.45, 7) is 4.64. The molecular formula is C26H37NO6S. The Kier molecular flexibility index (Phi) is 7.19. The van der Waals surface area contributed by atoms with Gasteiger partial charge in [0.1, 0.15) is 12.1 Å². The molecule has 0 unspecified atom stereocenters. The van der Waals surface area contributed by atoms with Crippen molar-refractivity contribution in [3.05, 3.63) is 11.6 Å². The third kappa shape index (κ3) is 4.54. The van der Waals surface area contributed by atoms with Gasteiger partial charge in [-0.15, -0.1) is 0 Å². The molecule has 7 nitrogen and oxygen atoms in total. The minimum Gasteiger partial charge on any atom is -0.480 e. The molecule has 34 heavy (non-hydrogen) atoms. The number of esters is 1. The predicted molar refractivity (Wildman–Crippen MR) is 129 cm³/mol. The molecule has 0 bridgehead atoms. The summed E-state index contributed by atoms with van der Waals surface area (Å²) in [6, 6.07) is -1.06. The van der Waals surface area contributed by atoms with Gasteiger partial charge in [-0.25, -0.2) is 4.79 Å². The molecule has 0 aliphatic heterocycles. The van der Waals surface area contributed by atoms with E-state index in [1.807, 2.05) is 6.08 Å². The lowest BCUT2D eigenvalue weighted by Gasteiger charge is -2.57. The number of ketones is 1. The van der Waals surface area contributed by atoms with Gasteiger partial charge in [0, 0.05) is 24.0 Å². The van der Waals surface area contributed by atoms with Crippen LogP contribution in [0.15, 0.2) is 11.6 Å². The van der Waals surface area contributed by atoms with Crippen molar-refractivity contribution < 1.29 is 29.0 Å². The highest BCUT2D eigenvalue weighted by atomic mass is 32.1. The maximum absolute atomic E-state index is 12.6. The Morgan fingerprint density at radius 1 is 1.12 bits per heavy atom. The van der Waals surface area contributed by atoms with Crippen molar-refractivity contribution in [2.75, 3.05) is 5.75 Å². The molecule has 0 spiro atoms. The van der Waals surface area contributed by atoms with Crippen LogP contribution in [0.3, 0.4) is 0 Å². The fourth-order valence-electron chi connectivity index (χ4n) is 7.59. The van der Waals surface area contributed by atoms with Gasteiger partial charge in [-0.3, -0.25) is 14.4 Å². The molecule has 3 fully saturated rings. The molecule has 0 aromatic rings. The lowest BCUT2D eigenvalue weighted by atomic mass is 9.47. The Morgan fingerprint density at radius 2 is 1.88 bits per heavy atom. The Labute approximate surface area is 206 Å². The lowest BCUT2D eigenvalue weighted by molar-refractivity contribution is -0.160. The molecule has 3 saturated carbocycles. The molecule has 7 atom stereocenters. The van der Waals surface area contributed by atoms with E-state index in [4.69, 9.17) is 9.84 Å². The Morgan fingerprint density at radius 3 is 2.59 bits per heavy atom. The first-order chi connectivity index (χ1) is 16.1. The standard InChI is InChI=1S/C26H37NO6S/c1-25-11-9-16(28)13-15(25)3-4-17-18-5-6-21(26(18,2)12-10-19(17)25)33-23(30)8-7-22(29)27-20(14-34)24(31)32/h13,17-21,34H,3-12,14H2,1-2H3,(H,27,29)(H,31,32)/t17-,18+,19-,20-,21+,25+,26+/m1/s1. The Balaban J connectivity index is 1.35. The zero-order valence-corrected chi connectivity index (χ0v) is 21.1. The van der Waals surface area contributed by atoms with Crippen LogP contribution in [0.2, 0.25) is 0 Å². The van der Waals surface area contributed by atoms with Crippen LogP contribution in [0.4, 0.5) is 0 Å². The van der Waals surface area contributed by atoms with Gasteiger partial charge in [-0.05, 0) is 74.2 Å². The molecule has 1 amide bonds. The van der Waals surface area contributed by atoms with E-state index >= 15 is 0 Å². The van der Waals surface area contributed by atoms with E-state index in [9.17, 15) is 19.2 Å². The molecule has 0 heterocycles. The quantitative estimate of drug-likeness (QED) is 0.370. The van der Waals surface area contributed by atoms with Crippen molar-refractivity contribution in [2.45, 2.75) is 90.2 Å². The van der Waals surface area contributed by atoms with Crippen LogP contribution in [0, 0.1) is 28.6 Å². The Hall–Kier alpha value is -1.83. The summed E-state index contributed by atoms with van der Waals surface area (Å²) in [4.78, 5) is 47.7. The number of thiol groups is 1. The zero-order chi connectivity index (χ0) is 24.7. The second kappa shape index (κ2) is 9.67. The van der Waals surface area contributed by atoms with Gasteiger partial charge in [0.25, 0.3) is 0 Å². The molecule has 4 aliphatic rings. The molecule has 2 N–H and O–H groups in total. The van der Waals surface area contributed by atoms with E-state index in [1.165, 1.54) is 5.57 Å². The highest BCUT2D eigenvalue weighted by Crippen LogP contribution is 2.65. The molecule has 8 heteroatoms. The molecule has 4 rings (SSSR count). The molecular weight excluding hydrogens is 454 g/mol.